The van der Waals surface area contributed by atoms with Crippen molar-refractivity contribution in [1.82, 2.24) is 9.21 Å². The highest BCUT2D eigenvalue weighted by Crippen LogP contribution is 2.19. The van der Waals surface area contributed by atoms with E-state index in [0.717, 1.165) is 36.3 Å². The number of carbonyl (C=O) groups is 1. The largest absolute Gasteiger partial charge is 0.326 e. The van der Waals surface area contributed by atoms with Crippen LogP contribution in [-0.4, -0.2) is 49.7 Å². The van der Waals surface area contributed by atoms with Crippen molar-refractivity contribution in [1.29, 1.82) is 0 Å². The van der Waals surface area contributed by atoms with Crippen LogP contribution in [0.3, 0.4) is 0 Å². The molecule has 1 heterocycles. The van der Waals surface area contributed by atoms with E-state index in [2.05, 4.69) is 10.2 Å². The van der Waals surface area contributed by atoms with Gasteiger partial charge in [-0.25, -0.2) is 8.42 Å². The van der Waals surface area contributed by atoms with Crippen LogP contribution in [0.25, 0.3) is 0 Å². The number of sulfonamides is 1. The van der Waals surface area contributed by atoms with Crippen LogP contribution in [0.1, 0.15) is 24.5 Å². The van der Waals surface area contributed by atoms with Crippen molar-refractivity contribution < 1.29 is 13.2 Å². The number of carbonyl (C=O) groups excluding carboxylic acids is 1. The summed E-state index contributed by atoms with van der Waals surface area (Å²) in [4.78, 5) is 13.7. The van der Waals surface area contributed by atoms with E-state index in [9.17, 15) is 13.2 Å². The van der Waals surface area contributed by atoms with E-state index in [1.807, 2.05) is 43.3 Å². The summed E-state index contributed by atoms with van der Waals surface area (Å²) < 4.78 is 27.4. The lowest BCUT2D eigenvalue weighted by Gasteiger charge is -2.22. The van der Waals surface area contributed by atoms with Crippen molar-refractivity contribution in [2.45, 2.75) is 31.7 Å². The molecule has 1 amide bonds. The van der Waals surface area contributed by atoms with E-state index in [1.165, 1.54) is 6.92 Å². The van der Waals surface area contributed by atoms with Gasteiger partial charge in [0.05, 0.1) is 4.90 Å². The van der Waals surface area contributed by atoms with Crippen LogP contribution in [0, 0.1) is 6.92 Å². The fourth-order valence-electron chi connectivity index (χ4n) is 3.36. The summed E-state index contributed by atoms with van der Waals surface area (Å²) in [5.41, 5.74) is 2.97. The first-order valence-electron chi connectivity index (χ1n) is 9.50. The molecule has 1 N–H and O–H groups in total. The lowest BCUT2D eigenvalue weighted by atomic mass is 10.2. The lowest BCUT2D eigenvalue weighted by Crippen LogP contribution is -2.35. The third-order valence-corrected chi connectivity index (χ3v) is 6.80. The second-order valence-electron chi connectivity index (χ2n) is 7.22. The SMILES string of the molecule is CC(=O)Nc1ccc(CN2CCCN(S(=O)(=O)c3ccc(C)cc3)CC2)cc1. The molecule has 150 valence electrons. The summed E-state index contributed by atoms with van der Waals surface area (Å²) >= 11 is 0. The minimum atomic E-state index is -3.45. The quantitative estimate of drug-likeness (QED) is 0.836. The van der Waals surface area contributed by atoms with Crippen LogP contribution < -0.4 is 5.32 Å². The van der Waals surface area contributed by atoms with Gasteiger partial charge in [0.2, 0.25) is 15.9 Å². The number of aryl methyl sites for hydroxylation is 1. The number of hydrogen-bond acceptors (Lipinski definition) is 4. The van der Waals surface area contributed by atoms with Gasteiger partial charge >= 0.3 is 0 Å². The standard InChI is InChI=1S/C21H27N3O3S/c1-17-4-10-21(11-5-17)28(26,27)24-13-3-12-23(14-15-24)16-19-6-8-20(9-7-19)22-18(2)25/h4-11H,3,12-16H2,1-2H3,(H,22,25). The van der Waals surface area contributed by atoms with Crippen LogP contribution in [0.15, 0.2) is 53.4 Å². The summed E-state index contributed by atoms with van der Waals surface area (Å²) in [7, 11) is -3.45. The molecule has 0 spiro atoms. The average Bonchev–Trinajstić information content (AvgIpc) is 2.89. The minimum absolute atomic E-state index is 0.0878. The van der Waals surface area contributed by atoms with E-state index < -0.39 is 10.0 Å². The molecule has 6 nitrogen and oxygen atoms in total. The number of rotatable bonds is 5. The van der Waals surface area contributed by atoms with Gasteiger partial charge in [0.15, 0.2) is 0 Å². The molecule has 1 aliphatic heterocycles. The van der Waals surface area contributed by atoms with E-state index >= 15 is 0 Å². The Morgan fingerprint density at radius 1 is 0.964 bits per heavy atom. The van der Waals surface area contributed by atoms with E-state index in [1.54, 1.807) is 16.4 Å². The summed E-state index contributed by atoms with van der Waals surface area (Å²) in [6.45, 7) is 6.77. The van der Waals surface area contributed by atoms with E-state index in [0.29, 0.717) is 24.5 Å². The van der Waals surface area contributed by atoms with Crippen molar-refractivity contribution in [2.75, 3.05) is 31.5 Å². The number of anilines is 1. The van der Waals surface area contributed by atoms with Crippen LogP contribution >= 0.6 is 0 Å². The van der Waals surface area contributed by atoms with Crippen molar-refractivity contribution in [2.24, 2.45) is 0 Å². The van der Waals surface area contributed by atoms with Crippen LogP contribution in [0.5, 0.6) is 0 Å². The van der Waals surface area contributed by atoms with Gasteiger partial charge < -0.3 is 5.32 Å². The second kappa shape index (κ2) is 8.86. The smallest absolute Gasteiger partial charge is 0.243 e. The van der Waals surface area contributed by atoms with Gasteiger partial charge in [-0.2, -0.15) is 4.31 Å². The first kappa shape index (κ1) is 20.5. The fraction of sp³-hybridized carbons (Fsp3) is 0.381. The number of nitrogens with zero attached hydrogens (tertiary/aromatic N) is 2. The predicted octanol–water partition coefficient (Wildman–Crippen LogP) is 2.85. The average molecular weight is 402 g/mol. The van der Waals surface area contributed by atoms with Crippen molar-refractivity contribution >= 4 is 21.6 Å². The zero-order chi connectivity index (χ0) is 20.1. The Bertz CT molecular complexity index is 909. The normalized spacial score (nSPS) is 16.5. The van der Waals surface area contributed by atoms with Crippen LogP contribution in [-0.2, 0) is 21.4 Å². The number of benzene rings is 2. The minimum Gasteiger partial charge on any atom is -0.326 e. The molecule has 1 saturated heterocycles. The first-order chi connectivity index (χ1) is 13.3. The predicted molar refractivity (Wildman–Crippen MR) is 111 cm³/mol. The second-order valence-corrected chi connectivity index (χ2v) is 9.16. The highest BCUT2D eigenvalue weighted by molar-refractivity contribution is 7.89. The number of hydrogen-bond donors (Lipinski definition) is 1. The lowest BCUT2D eigenvalue weighted by molar-refractivity contribution is -0.114. The molecule has 0 unspecified atom stereocenters. The Morgan fingerprint density at radius 3 is 2.29 bits per heavy atom. The van der Waals surface area contributed by atoms with E-state index in [-0.39, 0.29) is 5.91 Å². The highest BCUT2D eigenvalue weighted by atomic mass is 32.2. The first-order valence-corrected chi connectivity index (χ1v) is 10.9. The highest BCUT2D eigenvalue weighted by Gasteiger charge is 2.26. The zero-order valence-corrected chi connectivity index (χ0v) is 17.2. The van der Waals surface area contributed by atoms with Gasteiger partial charge in [-0.3, -0.25) is 9.69 Å². The Balaban J connectivity index is 1.61. The third kappa shape index (κ3) is 5.19. The van der Waals surface area contributed by atoms with Gasteiger partial charge in [0.1, 0.15) is 0 Å². The van der Waals surface area contributed by atoms with Gasteiger partial charge in [-0.1, -0.05) is 29.8 Å². The fourth-order valence-corrected chi connectivity index (χ4v) is 4.83. The van der Waals surface area contributed by atoms with Crippen molar-refractivity contribution in [3.8, 4) is 0 Å². The molecule has 0 aliphatic carbocycles. The van der Waals surface area contributed by atoms with Crippen molar-refractivity contribution in [3.05, 3.63) is 59.7 Å². The van der Waals surface area contributed by atoms with Crippen molar-refractivity contribution in [3.63, 3.8) is 0 Å². The topological polar surface area (TPSA) is 69.7 Å². The molecule has 0 radical (unpaired) electrons. The van der Waals surface area contributed by atoms with Gasteiger partial charge in [-0.15, -0.1) is 0 Å². The van der Waals surface area contributed by atoms with Gasteiger partial charge in [-0.05, 0) is 49.7 Å². The molecule has 2 aromatic carbocycles. The molecular formula is C21H27N3O3S. The molecule has 0 bridgehead atoms. The molecule has 28 heavy (non-hydrogen) atoms. The number of amides is 1. The maximum absolute atomic E-state index is 12.9. The summed E-state index contributed by atoms with van der Waals surface area (Å²) in [5, 5.41) is 2.76. The summed E-state index contributed by atoms with van der Waals surface area (Å²) in [5.74, 6) is -0.0878. The Hall–Kier alpha value is -2.22. The molecular weight excluding hydrogens is 374 g/mol. The molecule has 2 aromatic rings. The summed E-state index contributed by atoms with van der Waals surface area (Å²) in [6, 6.07) is 14.8. The van der Waals surface area contributed by atoms with Crippen LogP contribution in [0.4, 0.5) is 5.69 Å². The summed E-state index contributed by atoms with van der Waals surface area (Å²) in [6.07, 6.45) is 0.801. The molecule has 0 saturated carbocycles. The number of nitrogens with one attached hydrogen (secondary N) is 1. The molecule has 3 rings (SSSR count). The van der Waals surface area contributed by atoms with E-state index in [4.69, 9.17) is 0 Å². The Morgan fingerprint density at radius 2 is 1.64 bits per heavy atom. The third-order valence-electron chi connectivity index (χ3n) is 4.89. The maximum atomic E-state index is 12.9. The Labute approximate surface area is 167 Å². The maximum Gasteiger partial charge on any atom is 0.243 e. The Kier molecular flexibility index (Phi) is 6.49. The molecule has 1 fully saturated rings. The zero-order valence-electron chi connectivity index (χ0n) is 16.4. The molecule has 7 heteroatoms. The molecule has 0 atom stereocenters. The van der Waals surface area contributed by atoms with Gasteiger partial charge in [0.25, 0.3) is 0 Å². The molecule has 0 aromatic heterocycles. The monoisotopic (exact) mass is 401 g/mol. The van der Waals surface area contributed by atoms with Gasteiger partial charge in [0, 0.05) is 38.8 Å². The molecule has 1 aliphatic rings. The van der Waals surface area contributed by atoms with Crippen LogP contribution in [0.2, 0.25) is 0 Å².